The number of carbonyl (C=O) groups is 1. The summed E-state index contributed by atoms with van der Waals surface area (Å²) in [4.78, 5) is 11.2. The molecule has 0 aromatic heterocycles. The molecule has 0 saturated heterocycles. The summed E-state index contributed by atoms with van der Waals surface area (Å²) in [5.41, 5.74) is 0.488. The lowest BCUT2D eigenvalue weighted by atomic mass is 10.0. The summed E-state index contributed by atoms with van der Waals surface area (Å²) < 4.78 is 40.3. The predicted molar refractivity (Wildman–Crippen MR) is 77.1 cm³/mol. The Labute approximate surface area is 124 Å². The molecule has 0 aliphatic carbocycles. The van der Waals surface area contributed by atoms with Gasteiger partial charge in [0.2, 0.25) is 10.0 Å². The lowest BCUT2D eigenvalue weighted by Crippen LogP contribution is -2.45. The molecule has 0 amide bonds. The van der Waals surface area contributed by atoms with Crippen molar-refractivity contribution in [2.45, 2.75) is 45.1 Å². The maximum absolute atomic E-state index is 13.3. The number of carboxylic acids is 1. The maximum atomic E-state index is 13.3. The molecule has 0 fully saturated rings. The van der Waals surface area contributed by atoms with Crippen LogP contribution in [0.15, 0.2) is 17.0 Å². The van der Waals surface area contributed by atoms with Gasteiger partial charge in [0.25, 0.3) is 0 Å². The molecule has 5 nitrogen and oxygen atoms in total. The van der Waals surface area contributed by atoms with E-state index in [-0.39, 0.29) is 21.9 Å². The molecule has 2 N–H and O–H groups in total. The van der Waals surface area contributed by atoms with Crippen molar-refractivity contribution in [3.05, 3.63) is 29.1 Å². The van der Waals surface area contributed by atoms with Crippen LogP contribution in [0.3, 0.4) is 0 Å². The zero-order valence-corrected chi connectivity index (χ0v) is 13.3. The molecular formula is C14H20FNO4S. The normalized spacial score (nSPS) is 14.7. The first-order valence-electron chi connectivity index (χ1n) is 6.62. The summed E-state index contributed by atoms with van der Waals surface area (Å²) in [6.45, 7) is 6.39. The van der Waals surface area contributed by atoms with Gasteiger partial charge in [0, 0.05) is 0 Å². The fourth-order valence-corrected chi connectivity index (χ4v) is 3.94. The minimum atomic E-state index is -4.04. The Morgan fingerprint density at radius 1 is 1.33 bits per heavy atom. The average Bonchev–Trinajstić information content (AvgIpc) is 2.33. The smallest absolute Gasteiger partial charge is 0.322 e. The number of hydrogen-bond donors (Lipinski definition) is 2. The second kappa shape index (κ2) is 6.53. The van der Waals surface area contributed by atoms with Crippen LogP contribution in [0.5, 0.6) is 0 Å². The lowest BCUT2D eigenvalue weighted by molar-refractivity contribution is -0.140. The van der Waals surface area contributed by atoms with Crippen molar-refractivity contribution in [1.82, 2.24) is 4.72 Å². The number of rotatable bonds is 6. The molecule has 0 saturated carbocycles. The number of nitrogens with one attached hydrogen (secondary N) is 1. The fraction of sp³-hybridized carbons (Fsp3) is 0.500. The van der Waals surface area contributed by atoms with Crippen molar-refractivity contribution >= 4 is 16.0 Å². The molecule has 0 radical (unpaired) electrons. The van der Waals surface area contributed by atoms with Crippen molar-refractivity contribution in [2.75, 3.05) is 0 Å². The predicted octanol–water partition coefficient (Wildman–Crippen LogP) is 2.22. The van der Waals surface area contributed by atoms with Gasteiger partial charge in [0.05, 0.1) is 4.90 Å². The van der Waals surface area contributed by atoms with Crippen LogP contribution in [0.25, 0.3) is 0 Å². The van der Waals surface area contributed by atoms with Gasteiger partial charge in [-0.3, -0.25) is 4.79 Å². The van der Waals surface area contributed by atoms with E-state index in [9.17, 15) is 22.7 Å². The summed E-state index contributed by atoms with van der Waals surface area (Å²) in [5, 5.41) is 9.18. The van der Waals surface area contributed by atoms with Crippen LogP contribution in [-0.2, 0) is 14.8 Å². The van der Waals surface area contributed by atoms with Crippen LogP contribution in [-0.4, -0.2) is 25.5 Å². The van der Waals surface area contributed by atoms with Gasteiger partial charge in [-0.2, -0.15) is 4.72 Å². The van der Waals surface area contributed by atoms with E-state index in [1.54, 1.807) is 13.8 Å². The third-order valence-corrected chi connectivity index (χ3v) is 5.20. The number of halogens is 1. The van der Waals surface area contributed by atoms with Crippen LogP contribution in [0.4, 0.5) is 4.39 Å². The molecule has 0 spiro atoms. The van der Waals surface area contributed by atoms with E-state index in [0.717, 1.165) is 12.1 Å². The van der Waals surface area contributed by atoms with Gasteiger partial charge in [0.15, 0.2) is 0 Å². The first kappa shape index (κ1) is 17.6. The molecule has 0 heterocycles. The van der Waals surface area contributed by atoms with Crippen LogP contribution in [0.1, 0.15) is 31.4 Å². The molecule has 7 heteroatoms. The van der Waals surface area contributed by atoms with Gasteiger partial charge >= 0.3 is 5.97 Å². The molecule has 21 heavy (non-hydrogen) atoms. The van der Waals surface area contributed by atoms with Crippen molar-refractivity contribution in [1.29, 1.82) is 0 Å². The molecule has 2 unspecified atom stereocenters. The van der Waals surface area contributed by atoms with Gasteiger partial charge in [-0.1, -0.05) is 20.3 Å². The zero-order valence-electron chi connectivity index (χ0n) is 12.5. The van der Waals surface area contributed by atoms with E-state index in [1.807, 2.05) is 0 Å². The minimum absolute atomic E-state index is 0.0709. The number of benzene rings is 1. The fourth-order valence-electron chi connectivity index (χ4n) is 2.19. The monoisotopic (exact) mass is 317 g/mol. The topological polar surface area (TPSA) is 83.5 Å². The third kappa shape index (κ3) is 4.01. The second-order valence-corrected chi connectivity index (χ2v) is 6.84. The highest BCUT2D eigenvalue weighted by Crippen LogP contribution is 2.22. The molecule has 0 aliphatic heterocycles. The molecular weight excluding hydrogens is 297 g/mol. The SMILES string of the molecule is CCC(C)C(NS(=O)(=O)c1c(C)cc(F)cc1C)C(=O)O. The van der Waals surface area contributed by atoms with Gasteiger partial charge in [0.1, 0.15) is 11.9 Å². The highest BCUT2D eigenvalue weighted by molar-refractivity contribution is 7.89. The Balaban J connectivity index is 3.26. The summed E-state index contributed by atoms with van der Waals surface area (Å²) in [6, 6.07) is 1.00. The minimum Gasteiger partial charge on any atom is -0.480 e. The van der Waals surface area contributed by atoms with Gasteiger partial charge in [-0.05, 0) is 43.0 Å². The Morgan fingerprint density at radius 2 is 1.81 bits per heavy atom. The lowest BCUT2D eigenvalue weighted by Gasteiger charge is -2.21. The molecule has 1 rings (SSSR count). The first-order valence-corrected chi connectivity index (χ1v) is 8.10. The number of hydrogen-bond acceptors (Lipinski definition) is 3. The van der Waals surface area contributed by atoms with Crippen LogP contribution in [0, 0.1) is 25.6 Å². The summed E-state index contributed by atoms with van der Waals surface area (Å²) in [5.74, 6) is -2.12. The average molecular weight is 317 g/mol. The van der Waals surface area contributed by atoms with Gasteiger partial charge in [-0.25, -0.2) is 12.8 Å². The van der Waals surface area contributed by atoms with Gasteiger partial charge < -0.3 is 5.11 Å². The number of carboxylic acid groups (broad SMARTS) is 1. The summed E-state index contributed by atoms with van der Waals surface area (Å²) >= 11 is 0. The third-order valence-electron chi connectivity index (χ3n) is 3.45. The number of sulfonamides is 1. The van der Waals surface area contributed by atoms with E-state index < -0.39 is 27.9 Å². The molecule has 1 aromatic rings. The van der Waals surface area contributed by atoms with Crippen molar-refractivity contribution in [3.63, 3.8) is 0 Å². The maximum Gasteiger partial charge on any atom is 0.322 e. The Hall–Kier alpha value is -1.47. The molecule has 0 aliphatic rings. The summed E-state index contributed by atoms with van der Waals surface area (Å²) in [7, 11) is -4.04. The van der Waals surface area contributed by atoms with Gasteiger partial charge in [-0.15, -0.1) is 0 Å². The number of aryl methyl sites for hydroxylation is 2. The molecule has 0 bridgehead atoms. The van der Waals surface area contributed by atoms with E-state index in [2.05, 4.69) is 4.72 Å². The van der Waals surface area contributed by atoms with Crippen molar-refractivity contribution < 1.29 is 22.7 Å². The zero-order chi connectivity index (χ0) is 16.4. The Morgan fingerprint density at radius 3 is 2.19 bits per heavy atom. The van der Waals surface area contributed by atoms with Crippen molar-refractivity contribution in [2.24, 2.45) is 5.92 Å². The highest BCUT2D eigenvalue weighted by Gasteiger charge is 2.31. The Kier molecular flexibility index (Phi) is 5.47. The first-order chi connectivity index (χ1) is 9.60. The largest absolute Gasteiger partial charge is 0.480 e. The van der Waals surface area contributed by atoms with E-state index in [4.69, 9.17) is 0 Å². The van der Waals surface area contributed by atoms with E-state index in [0.29, 0.717) is 6.42 Å². The number of aliphatic carboxylic acids is 1. The quantitative estimate of drug-likeness (QED) is 0.842. The molecule has 2 atom stereocenters. The molecule has 1 aromatic carbocycles. The Bertz CT molecular complexity index is 619. The van der Waals surface area contributed by atoms with Crippen LogP contribution in [0.2, 0.25) is 0 Å². The standard InChI is InChI=1S/C14H20FNO4S/c1-5-8(2)12(14(17)18)16-21(19,20)13-9(3)6-11(15)7-10(13)4/h6-8,12,16H,5H2,1-4H3,(H,17,18). The van der Waals surface area contributed by atoms with Crippen molar-refractivity contribution in [3.8, 4) is 0 Å². The van der Waals surface area contributed by atoms with Crippen LogP contribution < -0.4 is 4.72 Å². The molecule has 118 valence electrons. The van der Waals surface area contributed by atoms with E-state index in [1.165, 1.54) is 13.8 Å². The second-order valence-electron chi connectivity index (χ2n) is 5.19. The summed E-state index contributed by atoms with van der Waals surface area (Å²) in [6.07, 6.45) is 0.515. The highest BCUT2D eigenvalue weighted by atomic mass is 32.2. The van der Waals surface area contributed by atoms with E-state index >= 15 is 0 Å². The van der Waals surface area contributed by atoms with Crippen LogP contribution >= 0.6 is 0 Å².